The first-order chi connectivity index (χ1) is 13.7. The summed E-state index contributed by atoms with van der Waals surface area (Å²) in [6, 6.07) is 19.5. The molecular formula is C22H16BrN3O2. The first kappa shape index (κ1) is 17.0. The molecule has 4 aromatic rings. The van der Waals surface area contributed by atoms with Gasteiger partial charge in [0.2, 0.25) is 0 Å². The van der Waals surface area contributed by atoms with Gasteiger partial charge in [-0.25, -0.2) is 0 Å². The van der Waals surface area contributed by atoms with Gasteiger partial charge in [0.25, 0.3) is 11.8 Å². The molecule has 0 saturated heterocycles. The molecule has 0 spiro atoms. The molecule has 2 aromatic carbocycles. The average molecular weight is 434 g/mol. The van der Waals surface area contributed by atoms with Crippen LogP contribution in [0.4, 0.5) is 0 Å². The summed E-state index contributed by atoms with van der Waals surface area (Å²) < 4.78 is 0. The Morgan fingerprint density at radius 3 is 1.64 bits per heavy atom. The number of fused-ring (bicyclic) bond motifs is 2. The first-order valence-electron chi connectivity index (χ1n) is 9.00. The van der Waals surface area contributed by atoms with E-state index in [2.05, 4.69) is 25.9 Å². The van der Waals surface area contributed by atoms with E-state index in [4.69, 9.17) is 0 Å². The molecule has 0 atom stereocenters. The number of nitrogens with zero attached hydrogens (tertiary/aromatic N) is 1. The Kier molecular flexibility index (Phi) is 3.94. The van der Waals surface area contributed by atoms with E-state index in [1.807, 2.05) is 60.7 Å². The molecule has 2 aromatic heterocycles. The van der Waals surface area contributed by atoms with E-state index < -0.39 is 0 Å². The molecule has 5 nitrogen and oxygen atoms in total. The fourth-order valence-electron chi connectivity index (χ4n) is 3.78. The predicted octanol–water partition coefficient (Wildman–Crippen LogP) is 4.32. The molecule has 2 amide bonds. The van der Waals surface area contributed by atoms with Gasteiger partial charge in [-0.15, -0.1) is 0 Å². The van der Waals surface area contributed by atoms with Gasteiger partial charge in [0.15, 0.2) is 0 Å². The van der Waals surface area contributed by atoms with Gasteiger partial charge in [0.05, 0.1) is 22.5 Å². The summed E-state index contributed by atoms with van der Waals surface area (Å²) in [7, 11) is 0. The molecule has 0 radical (unpaired) electrons. The van der Waals surface area contributed by atoms with E-state index in [0.717, 1.165) is 21.8 Å². The Hall–Kier alpha value is -3.12. The Morgan fingerprint density at radius 2 is 1.21 bits per heavy atom. The van der Waals surface area contributed by atoms with Gasteiger partial charge >= 0.3 is 0 Å². The van der Waals surface area contributed by atoms with E-state index in [1.54, 1.807) is 0 Å². The Morgan fingerprint density at radius 1 is 0.750 bits per heavy atom. The van der Waals surface area contributed by atoms with Crippen molar-refractivity contribution >= 4 is 60.7 Å². The van der Waals surface area contributed by atoms with Crippen LogP contribution in [-0.4, -0.2) is 38.6 Å². The number of halogens is 1. The first-order valence-corrected chi connectivity index (χ1v) is 10.1. The second kappa shape index (κ2) is 6.49. The Balaban J connectivity index is 1.75. The summed E-state index contributed by atoms with van der Waals surface area (Å²) in [6.45, 7) is 0.325. The molecule has 0 aliphatic carbocycles. The molecule has 0 unspecified atom stereocenters. The fraction of sp³-hybridized carbons (Fsp3) is 0.0909. The molecule has 2 N–H and O–H groups in total. The maximum Gasteiger partial charge on any atom is 0.263 e. The average Bonchev–Trinajstić information content (AvgIpc) is 3.37. The molecular weight excluding hydrogens is 418 g/mol. The molecule has 138 valence electrons. The van der Waals surface area contributed by atoms with Gasteiger partial charge in [-0.2, -0.15) is 0 Å². The fourth-order valence-corrected chi connectivity index (χ4v) is 4.13. The van der Waals surface area contributed by atoms with Gasteiger partial charge in [-0.05, 0) is 24.3 Å². The molecule has 1 aliphatic heterocycles. The number of carbonyl (C=O) groups excluding carboxylic acids is 2. The van der Waals surface area contributed by atoms with Crippen molar-refractivity contribution in [2.24, 2.45) is 0 Å². The lowest BCUT2D eigenvalue weighted by molar-refractivity contribution is -0.135. The number of para-hydroxylation sites is 2. The van der Waals surface area contributed by atoms with E-state index >= 15 is 0 Å². The van der Waals surface area contributed by atoms with Crippen LogP contribution >= 0.6 is 15.9 Å². The highest BCUT2D eigenvalue weighted by molar-refractivity contribution is 9.09. The molecule has 5 rings (SSSR count). The number of aromatic nitrogens is 2. The zero-order chi connectivity index (χ0) is 19.3. The number of hydrogen-bond acceptors (Lipinski definition) is 2. The van der Waals surface area contributed by atoms with Crippen LogP contribution in [0, 0.1) is 0 Å². The van der Waals surface area contributed by atoms with Crippen molar-refractivity contribution < 1.29 is 9.59 Å². The molecule has 0 fully saturated rings. The van der Waals surface area contributed by atoms with Crippen molar-refractivity contribution in [3.63, 3.8) is 0 Å². The van der Waals surface area contributed by atoms with Crippen molar-refractivity contribution in [1.82, 2.24) is 14.9 Å². The zero-order valence-corrected chi connectivity index (χ0v) is 16.4. The lowest BCUT2D eigenvalue weighted by Gasteiger charge is -2.12. The second-order valence-electron chi connectivity index (χ2n) is 6.74. The number of imide groups is 1. The monoisotopic (exact) mass is 433 g/mol. The van der Waals surface area contributed by atoms with Crippen LogP contribution in [-0.2, 0) is 9.59 Å². The lowest BCUT2D eigenvalue weighted by atomic mass is 10.0. The minimum absolute atomic E-state index is 0.273. The third kappa shape index (κ3) is 2.52. The maximum absolute atomic E-state index is 13.2. The number of benzene rings is 2. The summed E-state index contributed by atoms with van der Waals surface area (Å²) in [6.07, 6.45) is 0. The number of aromatic amines is 2. The van der Waals surface area contributed by atoms with Crippen molar-refractivity contribution in [3.05, 3.63) is 72.1 Å². The summed E-state index contributed by atoms with van der Waals surface area (Å²) >= 11 is 3.34. The van der Waals surface area contributed by atoms with Crippen LogP contribution in [0.15, 0.2) is 60.7 Å². The summed E-state index contributed by atoms with van der Waals surface area (Å²) in [5.41, 5.74) is 4.00. The number of alkyl halides is 1. The SMILES string of the molecule is O=C1C(c2cc3ccccc3[nH]2)=C(c2cc3ccccc3[nH]2)C(=O)N1CCBr. The Bertz CT molecular complexity index is 1120. The minimum atomic E-state index is -0.273. The highest BCUT2D eigenvalue weighted by Gasteiger charge is 2.40. The summed E-state index contributed by atoms with van der Waals surface area (Å²) in [5.74, 6) is -0.547. The van der Waals surface area contributed by atoms with Gasteiger partial charge in [-0.3, -0.25) is 14.5 Å². The maximum atomic E-state index is 13.2. The third-order valence-corrected chi connectivity index (χ3v) is 5.43. The van der Waals surface area contributed by atoms with Crippen molar-refractivity contribution in [1.29, 1.82) is 0 Å². The number of H-pyrrole nitrogens is 2. The smallest absolute Gasteiger partial charge is 0.263 e. The summed E-state index contributed by atoms with van der Waals surface area (Å²) in [5, 5.41) is 2.53. The van der Waals surface area contributed by atoms with E-state index in [0.29, 0.717) is 34.4 Å². The number of nitrogens with one attached hydrogen (secondary N) is 2. The number of hydrogen-bond donors (Lipinski definition) is 2. The van der Waals surface area contributed by atoms with Crippen LogP contribution in [0.1, 0.15) is 11.4 Å². The summed E-state index contributed by atoms with van der Waals surface area (Å²) in [4.78, 5) is 34.3. The van der Waals surface area contributed by atoms with Gasteiger partial charge in [0.1, 0.15) is 0 Å². The Labute approximate surface area is 169 Å². The van der Waals surface area contributed by atoms with Crippen molar-refractivity contribution in [2.45, 2.75) is 0 Å². The highest BCUT2D eigenvalue weighted by atomic mass is 79.9. The number of amides is 2. The van der Waals surface area contributed by atoms with E-state index in [9.17, 15) is 9.59 Å². The van der Waals surface area contributed by atoms with Crippen LogP contribution in [0.25, 0.3) is 33.0 Å². The van der Waals surface area contributed by atoms with Crippen molar-refractivity contribution in [2.75, 3.05) is 11.9 Å². The predicted molar refractivity (Wildman–Crippen MR) is 114 cm³/mol. The molecule has 28 heavy (non-hydrogen) atoms. The molecule has 3 heterocycles. The largest absolute Gasteiger partial charge is 0.354 e. The third-order valence-electron chi connectivity index (χ3n) is 5.07. The van der Waals surface area contributed by atoms with Gasteiger partial charge < -0.3 is 9.97 Å². The topological polar surface area (TPSA) is 69.0 Å². The standard InChI is InChI=1S/C22H16BrN3O2/c23-9-10-26-21(27)19(17-11-13-5-1-3-7-15(13)24-17)20(22(26)28)18-12-14-6-2-4-8-16(14)25-18/h1-8,11-12,24-25H,9-10H2. The van der Waals surface area contributed by atoms with Gasteiger partial charge in [-0.1, -0.05) is 52.3 Å². The van der Waals surface area contributed by atoms with Gasteiger partial charge in [0, 0.05) is 33.7 Å². The van der Waals surface area contributed by atoms with Crippen molar-refractivity contribution in [3.8, 4) is 0 Å². The second-order valence-corrected chi connectivity index (χ2v) is 7.53. The number of rotatable bonds is 4. The molecule has 1 aliphatic rings. The molecule has 0 saturated carbocycles. The van der Waals surface area contributed by atoms with Crippen LogP contribution in [0.5, 0.6) is 0 Å². The highest BCUT2D eigenvalue weighted by Crippen LogP contribution is 2.37. The van der Waals surface area contributed by atoms with E-state index in [-0.39, 0.29) is 11.8 Å². The van der Waals surface area contributed by atoms with Crippen LogP contribution < -0.4 is 0 Å². The minimum Gasteiger partial charge on any atom is -0.354 e. The quantitative estimate of drug-likeness (QED) is 0.371. The number of carbonyl (C=O) groups is 2. The van der Waals surface area contributed by atoms with Crippen LogP contribution in [0.2, 0.25) is 0 Å². The van der Waals surface area contributed by atoms with E-state index in [1.165, 1.54) is 4.90 Å². The lowest BCUT2D eigenvalue weighted by Crippen LogP contribution is -2.33. The molecule has 0 bridgehead atoms. The zero-order valence-electron chi connectivity index (χ0n) is 14.8. The van der Waals surface area contributed by atoms with Crippen LogP contribution in [0.3, 0.4) is 0 Å². The normalized spacial score (nSPS) is 14.8. The molecule has 6 heteroatoms.